The SMILES string of the molecule is COCCC1CC(c2ccccc2)CCC1Cl. The van der Waals surface area contributed by atoms with Gasteiger partial charge in [-0.05, 0) is 43.1 Å². The van der Waals surface area contributed by atoms with Gasteiger partial charge < -0.3 is 4.74 Å². The first kappa shape index (κ1) is 12.9. The zero-order valence-corrected chi connectivity index (χ0v) is 11.2. The molecule has 0 saturated heterocycles. The van der Waals surface area contributed by atoms with Crippen LogP contribution >= 0.6 is 11.6 Å². The second-order valence-corrected chi connectivity index (χ2v) is 5.54. The normalized spacial score (nSPS) is 29.2. The van der Waals surface area contributed by atoms with E-state index in [0.29, 0.717) is 17.2 Å². The van der Waals surface area contributed by atoms with Crippen molar-refractivity contribution in [3.63, 3.8) is 0 Å². The van der Waals surface area contributed by atoms with Gasteiger partial charge in [0.25, 0.3) is 0 Å². The summed E-state index contributed by atoms with van der Waals surface area (Å²) in [7, 11) is 1.76. The van der Waals surface area contributed by atoms with Crippen LogP contribution in [0.4, 0.5) is 0 Å². The highest BCUT2D eigenvalue weighted by Crippen LogP contribution is 2.39. The van der Waals surface area contributed by atoms with Gasteiger partial charge in [-0.25, -0.2) is 0 Å². The highest BCUT2D eigenvalue weighted by molar-refractivity contribution is 6.20. The van der Waals surface area contributed by atoms with Gasteiger partial charge in [0.05, 0.1) is 0 Å². The molecular formula is C15H21ClO. The molecule has 0 aromatic heterocycles. The molecule has 3 unspecified atom stereocenters. The van der Waals surface area contributed by atoms with Crippen LogP contribution in [-0.2, 0) is 4.74 Å². The standard InChI is InChI=1S/C15H21ClO/c1-17-10-9-14-11-13(7-8-15(14)16)12-5-3-2-4-6-12/h2-6,13-15H,7-11H2,1H3. The van der Waals surface area contributed by atoms with Crippen molar-refractivity contribution in [2.45, 2.75) is 37.0 Å². The molecule has 3 atom stereocenters. The summed E-state index contributed by atoms with van der Waals surface area (Å²) in [6.07, 6.45) is 4.66. The molecule has 2 rings (SSSR count). The molecular weight excluding hydrogens is 232 g/mol. The van der Waals surface area contributed by atoms with E-state index in [0.717, 1.165) is 19.4 Å². The van der Waals surface area contributed by atoms with Crippen molar-refractivity contribution in [1.29, 1.82) is 0 Å². The number of methoxy groups -OCH3 is 1. The number of rotatable bonds is 4. The van der Waals surface area contributed by atoms with Crippen LogP contribution in [-0.4, -0.2) is 19.1 Å². The fourth-order valence-corrected chi connectivity index (χ4v) is 3.18. The Hall–Kier alpha value is -0.530. The lowest BCUT2D eigenvalue weighted by molar-refractivity contribution is 0.163. The summed E-state index contributed by atoms with van der Waals surface area (Å²) >= 11 is 6.42. The maximum Gasteiger partial charge on any atom is 0.0465 e. The number of halogens is 1. The Bertz CT molecular complexity index is 325. The van der Waals surface area contributed by atoms with E-state index in [4.69, 9.17) is 16.3 Å². The topological polar surface area (TPSA) is 9.23 Å². The zero-order chi connectivity index (χ0) is 12.1. The third-order valence-electron chi connectivity index (χ3n) is 3.85. The molecule has 0 heterocycles. The van der Waals surface area contributed by atoms with Crippen LogP contribution in [0.1, 0.15) is 37.2 Å². The summed E-state index contributed by atoms with van der Waals surface area (Å²) in [5.74, 6) is 1.30. The van der Waals surface area contributed by atoms with Crippen LogP contribution in [0.5, 0.6) is 0 Å². The van der Waals surface area contributed by atoms with Gasteiger partial charge in [-0.3, -0.25) is 0 Å². The van der Waals surface area contributed by atoms with E-state index in [-0.39, 0.29) is 0 Å². The maximum atomic E-state index is 6.42. The fourth-order valence-electron chi connectivity index (χ4n) is 2.82. The highest BCUT2D eigenvalue weighted by atomic mass is 35.5. The van der Waals surface area contributed by atoms with E-state index in [1.807, 2.05) is 0 Å². The lowest BCUT2D eigenvalue weighted by atomic mass is 9.76. The molecule has 0 bridgehead atoms. The molecule has 0 radical (unpaired) electrons. The molecule has 1 aromatic carbocycles. The fraction of sp³-hybridized carbons (Fsp3) is 0.600. The molecule has 1 aromatic rings. The second kappa shape index (κ2) is 6.42. The van der Waals surface area contributed by atoms with E-state index >= 15 is 0 Å². The monoisotopic (exact) mass is 252 g/mol. The van der Waals surface area contributed by atoms with Crippen LogP contribution < -0.4 is 0 Å². The third kappa shape index (κ3) is 3.46. The molecule has 17 heavy (non-hydrogen) atoms. The molecule has 2 heteroatoms. The zero-order valence-electron chi connectivity index (χ0n) is 10.4. The van der Waals surface area contributed by atoms with Crippen LogP contribution in [0.2, 0.25) is 0 Å². The summed E-state index contributed by atoms with van der Waals surface area (Å²) in [5.41, 5.74) is 1.47. The largest absolute Gasteiger partial charge is 0.385 e. The first-order valence-corrected chi connectivity index (χ1v) is 6.93. The minimum Gasteiger partial charge on any atom is -0.385 e. The molecule has 0 aliphatic heterocycles. The molecule has 0 N–H and O–H groups in total. The average Bonchev–Trinajstić information content (AvgIpc) is 2.39. The number of hydrogen-bond donors (Lipinski definition) is 0. The minimum absolute atomic E-state index is 0.338. The van der Waals surface area contributed by atoms with Crippen molar-refractivity contribution in [1.82, 2.24) is 0 Å². The van der Waals surface area contributed by atoms with E-state index in [9.17, 15) is 0 Å². The lowest BCUT2D eigenvalue weighted by Crippen LogP contribution is -2.25. The molecule has 94 valence electrons. The van der Waals surface area contributed by atoms with E-state index < -0.39 is 0 Å². The van der Waals surface area contributed by atoms with Gasteiger partial charge in [0.15, 0.2) is 0 Å². The summed E-state index contributed by atoms with van der Waals surface area (Å²) in [6.45, 7) is 0.829. The first-order chi connectivity index (χ1) is 8.31. The van der Waals surface area contributed by atoms with Crippen LogP contribution in [0.3, 0.4) is 0 Å². The van der Waals surface area contributed by atoms with Crippen molar-refractivity contribution in [3.8, 4) is 0 Å². The van der Waals surface area contributed by atoms with Gasteiger partial charge in [0, 0.05) is 19.1 Å². The Morgan fingerprint density at radius 2 is 2.00 bits per heavy atom. The first-order valence-electron chi connectivity index (χ1n) is 6.49. The molecule has 0 amide bonds. The van der Waals surface area contributed by atoms with Crippen LogP contribution in [0.15, 0.2) is 30.3 Å². The average molecular weight is 253 g/mol. The Morgan fingerprint density at radius 1 is 1.24 bits per heavy atom. The highest BCUT2D eigenvalue weighted by Gasteiger charge is 2.29. The molecule has 0 spiro atoms. The van der Waals surface area contributed by atoms with Crippen LogP contribution in [0.25, 0.3) is 0 Å². The van der Waals surface area contributed by atoms with Crippen molar-refractivity contribution < 1.29 is 4.74 Å². The number of hydrogen-bond acceptors (Lipinski definition) is 1. The predicted molar refractivity (Wildman–Crippen MR) is 72.7 cm³/mol. The quantitative estimate of drug-likeness (QED) is 0.730. The number of alkyl halides is 1. The smallest absolute Gasteiger partial charge is 0.0465 e. The van der Waals surface area contributed by atoms with Gasteiger partial charge >= 0.3 is 0 Å². The molecule has 1 fully saturated rings. The summed E-state index contributed by atoms with van der Waals surface area (Å²) in [4.78, 5) is 0. The van der Waals surface area contributed by atoms with Crippen molar-refractivity contribution in [2.24, 2.45) is 5.92 Å². The summed E-state index contributed by atoms with van der Waals surface area (Å²) in [6, 6.07) is 10.8. The maximum absolute atomic E-state index is 6.42. The van der Waals surface area contributed by atoms with Gasteiger partial charge in [0.2, 0.25) is 0 Å². The molecule has 1 aliphatic carbocycles. The van der Waals surface area contributed by atoms with Gasteiger partial charge in [-0.2, -0.15) is 0 Å². The van der Waals surface area contributed by atoms with Crippen LogP contribution in [0, 0.1) is 5.92 Å². The summed E-state index contributed by atoms with van der Waals surface area (Å²) in [5, 5.41) is 0.338. The molecule has 1 saturated carbocycles. The minimum atomic E-state index is 0.338. The predicted octanol–water partition coefficient (Wildman–Crippen LogP) is 4.21. The molecule has 1 nitrogen and oxygen atoms in total. The molecule has 1 aliphatic rings. The second-order valence-electron chi connectivity index (χ2n) is 4.98. The van der Waals surface area contributed by atoms with E-state index in [2.05, 4.69) is 30.3 Å². The Labute approximate surface area is 109 Å². The lowest BCUT2D eigenvalue weighted by Gasteiger charge is -2.33. The van der Waals surface area contributed by atoms with Crippen molar-refractivity contribution in [2.75, 3.05) is 13.7 Å². The number of benzene rings is 1. The Morgan fingerprint density at radius 3 is 2.71 bits per heavy atom. The number of ether oxygens (including phenoxy) is 1. The summed E-state index contributed by atoms with van der Waals surface area (Å²) < 4.78 is 5.18. The Balaban J connectivity index is 1.97. The Kier molecular flexibility index (Phi) is 4.87. The van der Waals surface area contributed by atoms with E-state index in [1.54, 1.807) is 7.11 Å². The van der Waals surface area contributed by atoms with Gasteiger partial charge in [-0.15, -0.1) is 11.6 Å². The van der Waals surface area contributed by atoms with Gasteiger partial charge in [-0.1, -0.05) is 30.3 Å². The third-order valence-corrected chi connectivity index (χ3v) is 4.43. The van der Waals surface area contributed by atoms with Crippen molar-refractivity contribution in [3.05, 3.63) is 35.9 Å². The van der Waals surface area contributed by atoms with Gasteiger partial charge in [0.1, 0.15) is 0 Å². The van der Waals surface area contributed by atoms with E-state index in [1.165, 1.54) is 18.4 Å². The van der Waals surface area contributed by atoms with Crippen molar-refractivity contribution >= 4 is 11.6 Å².